The highest BCUT2D eigenvalue weighted by Gasteiger charge is 2.46. The number of aromatic nitrogens is 1. The van der Waals surface area contributed by atoms with E-state index < -0.39 is 23.7 Å². The Morgan fingerprint density at radius 1 is 1.08 bits per heavy atom. The number of amides is 1. The van der Waals surface area contributed by atoms with Crippen LogP contribution in [0.25, 0.3) is 5.76 Å². The second-order valence-electron chi connectivity index (χ2n) is 9.69. The molecular formula is C31H32N2O6. The van der Waals surface area contributed by atoms with Crippen LogP contribution in [0, 0.1) is 6.92 Å². The molecule has 0 aliphatic carbocycles. The molecule has 0 spiro atoms. The molecule has 8 nitrogen and oxygen atoms in total. The number of rotatable bonds is 9. The summed E-state index contributed by atoms with van der Waals surface area (Å²) in [5.41, 5.74) is 2.90. The van der Waals surface area contributed by atoms with Crippen LogP contribution >= 0.6 is 0 Å². The third kappa shape index (κ3) is 6.00. The average Bonchev–Trinajstić information content (AvgIpc) is 3.17. The lowest BCUT2D eigenvalue weighted by atomic mass is 9.95. The van der Waals surface area contributed by atoms with Crippen LogP contribution in [0.5, 0.6) is 5.75 Å². The van der Waals surface area contributed by atoms with Gasteiger partial charge in [0, 0.05) is 24.5 Å². The highest BCUT2D eigenvalue weighted by atomic mass is 16.5. The Bertz CT molecular complexity index is 1400. The predicted octanol–water partition coefficient (Wildman–Crippen LogP) is 5.37. The van der Waals surface area contributed by atoms with Crippen molar-refractivity contribution in [2.75, 3.05) is 6.61 Å². The number of hydrogen-bond donors (Lipinski definition) is 1. The maximum Gasteiger partial charge on any atom is 0.338 e. The largest absolute Gasteiger partial charge is 0.507 e. The number of nitrogens with zero attached hydrogens (tertiary/aromatic N) is 2. The van der Waals surface area contributed by atoms with Gasteiger partial charge in [0.2, 0.25) is 0 Å². The lowest BCUT2D eigenvalue weighted by molar-refractivity contribution is -0.140. The Morgan fingerprint density at radius 2 is 1.79 bits per heavy atom. The molecule has 1 amide bonds. The number of pyridine rings is 1. The molecule has 4 rings (SSSR count). The number of hydrogen-bond acceptors (Lipinski definition) is 7. The van der Waals surface area contributed by atoms with Gasteiger partial charge in [0.15, 0.2) is 0 Å². The quantitative estimate of drug-likeness (QED) is 0.172. The molecular weight excluding hydrogens is 496 g/mol. The smallest absolute Gasteiger partial charge is 0.338 e. The molecule has 0 saturated carbocycles. The van der Waals surface area contributed by atoms with Crippen molar-refractivity contribution in [3.05, 3.63) is 100 Å². The van der Waals surface area contributed by atoms with Gasteiger partial charge in [-0.2, -0.15) is 0 Å². The highest BCUT2D eigenvalue weighted by molar-refractivity contribution is 6.46. The molecule has 1 aliphatic rings. The van der Waals surface area contributed by atoms with Crippen LogP contribution in [0.2, 0.25) is 0 Å². The van der Waals surface area contributed by atoms with Crippen LogP contribution < -0.4 is 4.74 Å². The SMILES string of the molecule is CCCOc1ccc(/C(O)=C2/C(=O)C(=O)N(Cc3ccc(C(=O)OC(C)C)cc3)C2c2cccnc2)cc1C. The molecule has 0 radical (unpaired) electrons. The summed E-state index contributed by atoms with van der Waals surface area (Å²) in [7, 11) is 0. The van der Waals surface area contributed by atoms with Gasteiger partial charge in [-0.3, -0.25) is 14.6 Å². The fourth-order valence-electron chi connectivity index (χ4n) is 4.48. The minimum absolute atomic E-state index is 0.00763. The van der Waals surface area contributed by atoms with Gasteiger partial charge in [0.25, 0.3) is 11.7 Å². The molecule has 3 aromatic rings. The summed E-state index contributed by atoms with van der Waals surface area (Å²) < 4.78 is 11.0. The first kappa shape index (κ1) is 27.6. The normalized spacial score (nSPS) is 16.5. The Hall–Kier alpha value is -4.46. The number of Topliss-reactive ketones (excluding diaryl/α,β-unsaturated/α-hetero) is 1. The third-order valence-electron chi connectivity index (χ3n) is 6.34. The second kappa shape index (κ2) is 11.9. The Labute approximate surface area is 227 Å². The number of ketones is 1. The molecule has 1 saturated heterocycles. The van der Waals surface area contributed by atoms with Crippen molar-refractivity contribution in [2.45, 2.75) is 52.8 Å². The topological polar surface area (TPSA) is 106 Å². The van der Waals surface area contributed by atoms with Crippen LogP contribution in [0.4, 0.5) is 0 Å². The number of carbonyl (C=O) groups is 3. The van der Waals surface area contributed by atoms with Crippen LogP contribution in [-0.4, -0.2) is 45.4 Å². The van der Waals surface area contributed by atoms with E-state index in [9.17, 15) is 19.5 Å². The lowest BCUT2D eigenvalue weighted by Crippen LogP contribution is -2.29. The third-order valence-corrected chi connectivity index (χ3v) is 6.34. The summed E-state index contributed by atoms with van der Waals surface area (Å²) in [6, 6.07) is 14.5. The van der Waals surface area contributed by atoms with Gasteiger partial charge < -0.3 is 19.5 Å². The number of aliphatic hydroxyl groups excluding tert-OH is 1. The van der Waals surface area contributed by atoms with Crippen LogP contribution in [0.15, 0.2) is 72.6 Å². The zero-order valence-electron chi connectivity index (χ0n) is 22.5. The molecule has 1 aliphatic heterocycles. The number of carbonyl (C=O) groups excluding carboxylic acids is 3. The monoisotopic (exact) mass is 528 g/mol. The molecule has 39 heavy (non-hydrogen) atoms. The van der Waals surface area contributed by atoms with E-state index in [2.05, 4.69) is 4.98 Å². The molecule has 1 aromatic heterocycles. The van der Waals surface area contributed by atoms with Gasteiger partial charge >= 0.3 is 5.97 Å². The van der Waals surface area contributed by atoms with E-state index in [4.69, 9.17) is 9.47 Å². The summed E-state index contributed by atoms with van der Waals surface area (Å²) in [6.07, 6.45) is 3.80. The first-order valence-electron chi connectivity index (χ1n) is 12.9. The van der Waals surface area contributed by atoms with Gasteiger partial charge in [0.05, 0.1) is 29.9 Å². The van der Waals surface area contributed by atoms with Gasteiger partial charge in [-0.15, -0.1) is 0 Å². The van der Waals surface area contributed by atoms with Crippen LogP contribution in [-0.2, 0) is 20.9 Å². The predicted molar refractivity (Wildman–Crippen MR) is 146 cm³/mol. The number of benzene rings is 2. The molecule has 1 unspecified atom stereocenters. The number of esters is 1. The number of ether oxygens (including phenoxy) is 2. The van der Waals surface area contributed by atoms with E-state index in [-0.39, 0.29) is 24.0 Å². The maximum absolute atomic E-state index is 13.3. The van der Waals surface area contributed by atoms with Crippen molar-refractivity contribution in [3.8, 4) is 5.75 Å². The Kier molecular flexibility index (Phi) is 8.44. The summed E-state index contributed by atoms with van der Waals surface area (Å²) in [5.74, 6) is -1.51. The fraction of sp³-hybridized carbons (Fsp3) is 0.290. The van der Waals surface area contributed by atoms with Crippen LogP contribution in [0.3, 0.4) is 0 Å². The second-order valence-corrected chi connectivity index (χ2v) is 9.69. The zero-order chi connectivity index (χ0) is 28.1. The highest BCUT2D eigenvalue weighted by Crippen LogP contribution is 2.40. The summed E-state index contributed by atoms with van der Waals surface area (Å²) >= 11 is 0. The first-order chi connectivity index (χ1) is 18.7. The van der Waals surface area contributed by atoms with Crippen LogP contribution in [0.1, 0.15) is 65.8 Å². The van der Waals surface area contributed by atoms with Crippen molar-refractivity contribution in [3.63, 3.8) is 0 Å². The number of aliphatic hydroxyl groups is 1. The Morgan fingerprint density at radius 3 is 2.41 bits per heavy atom. The molecule has 2 heterocycles. The van der Waals surface area contributed by atoms with Gasteiger partial charge in [-0.05, 0) is 80.3 Å². The summed E-state index contributed by atoms with van der Waals surface area (Å²) in [5, 5.41) is 11.4. The fourth-order valence-corrected chi connectivity index (χ4v) is 4.48. The number of likely N-dealkylation sites (tertiary alicyclic amines) is 1. The van der Waals surface area contributed by atoms with E-state index in [1.54, 1.807) is 80.8 Å². The van der Waals surface area contributed by atoms with Crippen molar-refractivity contribution >= 4 is 23.4 Å². The van der Waals surface area contributed by atoms with Gasteiger partial charge in [-0.25, -0.2) is 4.79 Å². The van der Waals surface area contributed by atoms with Crippen molar-refractivity contribution in [2.24, 2.45) is 0 Å². The lowest BCUT2D eigenvalue weighted by Gasteiger charge is -2.25. The Balaban J connectivity index is 1.71. The van der Waals surface area contributed by atoms with Crippen molar-refractivity contribution < 1.29 is 29.0 Å². The standard InChI is InChI=1S/C31H32N2O6/c1-5-15-38-25-13-12-23(16-20(25)4)28(34)26-27(24-7-6-14-32-17-24)33(30(36)29(26)35)18-21-8-10-22(11-9-21)31(37)39-19(2)3/h6-14,16-17,19,27,34H,5,15,18H2,1-4H3/b28-26-. The molecule has 1 fully saturated rings. The minimum Gasteiger partial charge on any atom is -0.507 e. The first-order valence-corrected chi connectivity index (χ1v) is 12.9. The minimum atomic E-state index is -0.847. The molecule has 202 valence electrons. The molecule has 2 aromatic carbocycles. The van der Waals surface area contributed by atoms with Crippen molar-refractivity contribution in [1.82, 2.24) is 9.88 Å². The average molecular weight is 529 g/mol. The molecule has 0 bridgehead atoms. The van der Waals surface area contributed by atoms with E-state index in [1.165, 1.54) is 4.90 Å². The number of aryl methyl sites for hydroxylation is 1. The van der Waals surface area contributed by atoms with E-state index in [1.807, 2.05) is 13.8 Å². The van der Waals surface area contributed by atoms with E-state index in [0.29, 0.717) is 34.6 Å². The molecule has 1 atom stereocenters. The van der Waals surface area contributed by atoms with E-state index in [0.717, 1.165) is 12.0 Å². The zero-order valence-corrected chi connectivity index (χ0v) is 22.5. The molecule has 8 heteroatoms. The van der Waals surface area contributed by atoms with E-state index >= 15 is 0 Å². The van der Waals surface area contributed by atoms with Gasteiger partial charge in [-0.1, -0.05) is 25.1 Å². The molecule has 1 N–H and O–H groups in total. The van der Waals surface area contributed by atoms with Crippen molar-refractivity contribution in [1.29, 1.82) is 0 Å². The maximum atomic E-state index is 13.3. The summed E-state index contributed by atoms with van der Waals surface area (Å²) in [4.78, 5) is 44.4. The van der Waals surface area contributed by atoms with Gasteiger partial charge in [0.1, 0.15) is 11.5 Å². The summed E-state index contributed by atoms with van der Waals surface area (Å²) in [6.45, 7) is 8.08.